The molecule has 0 spiro atoms. The number of hydrogen-bond acceptors (Lipinski definition) is 5. The van der Waals surface area contributed by atoms with Gasteiger partial charge in [0.15, 0.2) is 0 Å². The minimum absolute atomic E-state index is 0.0779. The second-order valence-electron chi connectivity index (χ2n) is 4.97. The molecule has 0 bridgehead atoms. The molecule has 0 heterocycles. The number of Topliss-reactive ketones (excluding diaryl/α,β-unsaturated/α-hetero) is 1. The number of methoxy groups -OCH3 is 1. The molecule has 0 aliphatic rings. The van der Waals surface area contributed by atoms with Crippen LogP contribution in [0.2, 0.25) is 0 Å². The quantitative estimate of drug-likeness (QED) is 0.625. The molecule has 0 radical (unpaired) electrons. The molecule has 0 aromatic heterocycles. The largest absolute Gasteiger partial charge is 0.467 e. The highest BCUT2D eigenvalue weighted by molar-refractivity contribution is 5.87. The van der Waals surface area contributed by atoms with Crippen molar-refractivity contribution in [2.45, 2.75) is 52.2 Å². The molecule has 1 amide bonds. The second kappa shape index (κ2) is 8.63. The zero-order valence-electron chi connectivity index (χ0n) is 11.9. The van der Waals surface area contributed by atoms with Crippen LogP contribution in [-0.4, -0.2) is 42.0 Å². The van der Waals surface area contributed by atoms with Crippen molar-refractivity contribution in [1.29, 1.82) is 0 Å². The maximum absolute atomic E-state index is 11.7. The molecule has 6 heteroatoms. The summed E-state index contributed by atoms with van der Waals surface area (Å²) < 4.78 is 4.56. The highest BCUT2D eigenvalue weighted by Gasteiger charge is 2.25. The average Bonchev–Trinajstić information content (AvgIpc) is 2.31. The van der Waals surface area contributed by atoms with E-state index < -0.39 is 24.0 Å². The Hall–Kier alpha value is -1.43. The van der Waals surface area contributed by atoms with Crippen LogP contribution in [-0.2, 0) is 19.1 Å². The summed E-state index contributed by atoms with van der Waals surface area (Å²) in [6.45, 7) is 5.16. The lowest BCUT2D eigenvalue weighted by atomic mass is 10.0. The van der Waals surface area contributed by atoms with Crippen molar-refractivity contribution < 1.29 is 24.2 Å². The minimum Gasteiger partial charge on any atom is -0.467 e. The molecular weight excluding hydrogens is 250 g/mol. The number of carbonyl (C=O) groups excluding carboxylic acids is 3. The summed E-state index contributed by atoms with van der Waals surface area (Å²) in [6.07, 6.45) is -0.515. The smallest absolute Gasteiger partial charge is 0.328 e. The number of ketones is 1. The number of carbonyl (C=O) groups is 3. The van der Waals surface area contributed by atoms with Gasteiger partial charge in [0, 0.05) is 6.42 Å². The van der Waals surface area contributed by atoms with E-state index in [1.807, 2.05) is 13.8 Å². The molecule has 2 atom stereocenters. The second-order valence-corrected chi connectivity index (χ2v) is 4.97. The standard InChI is InChI=1S/C13H23NO5/c1-8(2)7-11(16)12(17)14-10(13(18)19-4)6-5-9(3)15/h8,10-11,16H,5-7H2,1-4H3,(H,14,17)/t10-,11+/m0/s1. The lowest BCUT2D eigenvalue weighted by Gasteiger charge is -2.19. The van der Waals surface area contributed by atoms with Crippen LogP contribution in [0.4, 0.5) is 0 Å². The molecule has 110 valence electrons. The monoisotopic (exact) mass is 273 g/mol. The van der Waals surface area contributed by atoms with Crippen LogP contribution in [0.1, 0.15) is 40.0 Å². The van der Waals surface area contributed by atoms with Gasteiger partial charge in [-0.15, -0.1) is 0 Å². The van der Waals surface area contributed by atoms with Crippen molar-refractivity contribution >= 4 is 17.7 Å². The highest BCUT2D eigenvalue weighted by Crippen LogP contribution is 2.06. The number of rotatable bonds is 8. The summed E-state index contributed by atoms with van der Waals surface area (Å²) in [5.74, 6) is -1.15. The van der Waals surface area contributed by atoms with Crippen molar-refractivity contribution in [3.63, 3.8) is 0 Å². The van der Waals surface area contributed by atoms with Crippen molar-refractivity contribution in [2.75, 3.05) is 7.11 Å². The predicted octanol–water partition coefficient (Wildman–Crippen LogP) is 0.420. The maximum atomic E-state index is 11.7. The van der Waals surface area contributed by atoms with Crippen molar-refractivity contribution in [3.05, 3.63) is 0 Å². The Bertz CT molecular complexity index is 327. The van der Waals surface area contributed by atoms with Gasteiger partial charge >= 0.3 is 5.97 Å². The molecule has 0 aromatic carbocycles. The highest BCUT2D eigenvalue weighted by atomic mass is 16.5. The van der Waals surface area contributed by atoms with Crippen LogP contribution in [0.5, 0.6) is 0 Å². The first-order chi connectivity index (χ1) is 8.77. The first-order valence-electron chi connectivity index (χ1n) is 6.33. The number of aliphatic hydroxyl groups is 1. The van der Waals surface area contributed by atoms with Gasteiger partial charge in [-0.2, -0.15) is 0 Å². The predicted molar refractivity (Wildman–Crippen MR) is 69.3 cm³/mol. The van der Waals surface area contributed by atoms with Gasteiger partial charge in [-0.3, -0.25) is 4.79 Å². The molecule has 6 nitrogen and oxygen atoms in total. The zero-order valence-corrected chi connectivity index (χ0v) is 11.9. The lowest BCUT2D eigenvalue weighted by molar-refractivity contribution is -0.146. The topological polar surface area (TPSA) is 92.7 Å². The van der Waals surface area contributed by atoms with Crippen LogP contribution >= 0.6 is 0 Å². The third kappa shape index (κ3) is 7.56. The van der Waals surface area contributed by atoms with Crippen LogP contribution in [0.25, 0.3) is 0 Å². The SMILES string of the molecule is COC(=O)[C@H](CCC(C)=O)NC(=O)[C@H](O)CC(C)C. The van der Waals surface area contributed by atoms with Crippen LogP contribution in [0.15, 0.2) is 0 Å². The van der Waals surface area contributed by atoms with E-state index in [1.165, 1.54) is 14.0 Å². The molecule has 19 heavy (non-hydrogen) atoms. The van der Waals surface area contributed by atoms with Gasteiger partial charge < -0.3 is 20.0 Å². The van der Waals surface area contributed by atoms with Gasteiger partial charge in [-0.1, -0.05) is 13.8 Å². The summed E-state index contributed by atoms with van der Waals surface area (Å²) in [5.41, 5.74) is 0. The number of esters is 1. The third-order valence-corrected chi connectivity index (χ3v) is 2.58. The van der Waals surface area contributed by atoms with Crippen molar-refractivity contribution in [1.82, 2.24) is 5.32 Å². The fourth-order valence-corrected chi connectivity index (χ4v) is 1.56. The summed E-state index contributed by atoms with van der Waals surface area (Å²) in [6, 6.07) is -0.900. The Balaban J connectivity index is 4.49. The Morgan fingerprint density at radius 1 is 1.26 bits per heavy atom. The summed E-state index contributed by atoms with van der Waals surface area (Å²) in [4.78, 5) is 34.1. The van der Waals surface area contributed by atoms with Crippen LogP contribution < -0.4 is 5.32 Å². The van der Waals surface area contributed by atoms with E-state index in [4.69, 9.17) is 0 Å². The first kappa shape index (κ1) is 17.6. The fourth-order valence-electron chi connectivity index (χ4n) is 1.56. The normalized spacial score (nSPS) is 13.8. The van der Waals surface area contributed by atoms with E-state index >= 15 is 0 Å². The van der Waals surface area contributed by atoms with E-state index in [9.17, 15) is 19.5 Å². The molecule has 0 aromatic rings. The maximum Gasteiger partial charge on any atom is 0.328 e. The van der Waals surface area contributed by atoms with E-state index in [0.717, 1.165) is 0 Å². The molecule has 0 saturated heterocycles. The number of hydrogen-bond donors (Lipinski definition) is 2. The van der Waals surface area contributed by atoms with E-state index in [0.29, 0.717) is 6.42 Å². The first-order valence-corrected chi connectivity index (χ1v) is 6.33. The van der Waals surface area contributed by atoms with E-state index in [1.54, 1.807) is 0 Å². The molecule has 0 fully saturated rings. The fraction of sp³-hybridized carbons (Fsp3) is 0.769. The average molecular weight is 273 g/mol. The number of aliphatic hydroxyl groups excluding tert-OH is 1. The number of amides is 1. The summed E-state index contributed by atoms with van der Waals surface area (Å²) in [7, 11) is 1.21. The Kier molecular flexibility index (Phi) is 7.98. The van der Waals surface area contributed by atoms with E-state index in [2.05, 4.69) is 10.1 Å². The van der Waals surface area contributed by atoms with E-state index in [-0.39, 0.29) is 24.5 Å². The van der Waals surface area contributed by atoms with Crippen molar-refractivity contribution in [3.8, 4) is 0 Å². The number of ether oxygens (including phenoxy) is 1. The third-order valence-electron chi connectivity index (χ3n) is 2.58. The summed E-state index contributed by atoms with van der Waals surface area (Å²) in [5, 5.41) is 12.1. The van der Waals surface area contributed by atoms with Gasteiger partial charge in [0.1, 0.15) is 17.9 Å². The van der Waals surface area contributed by atoms with Gasteiger partial charge in [-0.05, 0) is 25.7 Å². The Morgan fingerprint density at radius 2 is 1.84 bits per heavy atom. The van der Waals surface area contributed by atoms with Gasteiger partial charge in [0.2, 0.25) is 5.91 Å². The lowest BCUT2D eigenvalue weighted by Crippen LogP contribution is -2.46. The molecule has 0 saturated carbocycles. The van der Waals surface area contributed by atoms with Crippen LogP contribution in [0.3, 0.4) is 0 Å². The molecule has 2 N–H and O–H groups in total. The van der Waals surface area contributed by atoms with Crippen LogP contribution in [0, 0.1) is 5.92 Å². The molecule has 0 rings (SSSR count). The number of nitrogens with one attached hydrogen (secondary N) is 1. The minimum atomic E-state index is -1.16. The molecular formula is C13H23NO5. The van der Waals surface area contributed by atoms with Crippen molar-refractivity contribution in [2.24, 2.45) is 5.92 Å². The Labute approximate surface area is 113 Å². The van der Waals surface area contributed by atoms with Gasteiger partial charge in [0.05, 0.1) is 7.11 Å². The van der Waals surface area contributed by atoms with Gasteiger partial charge in [-0.25, -0.2) is 4.79 Å². The molecule has 0 aliphatic carbocycles. The van der Waals surface area contributed by atoms with Gasteiger partial charge in [0.25, 0.3) is 0 Å². The molecule has 0 unspecified atom stereocenters. The zero-order chi connectivity index (χ0) is 15.0. The summed E-state index contributed by atoms with van der Waals surface area (Å²) >= 11 is 0. The molecule has 0 aliphatic heterocycles. The Morgan fingerprint density at radius 3 is 2.26 bits per heavy atom.